The highest BCUT2D eigenvalue weighted by Gasteiger charge is 2.19. The number of hydrogen-bond acceptors (Lipinski definition) is 1. The van der Waals surface area contributed by atoms with Crippen LogP contribution >= 0.6 is 0 Å². The van der Waals surface area contributed by atoms with Crippen molar-refractivity contribution in [3.8, 4) is 44.5 Å². The van der Waals surface area contributed by atoms with Gasteiger partial charge in [-0.15, -0.1) is 0 Å². The minimum atomic E-state index is 1.04. The third-order valence-electron chi connectivity index (χ3n) is 8.77. The molecule has 0 unspecified atom stereocenters. The van der Waals surface area contributed by atoms with Crippen LogP contribution in [0.5, 0.6) is 0 Å². The van der Waals surface area contributed by atoms with Gasteiger partial charge < -0.3 is 4.90 Å². The van der Waals surface area contributed by atoms with Crippen LogP contribution in [0.15, 0.2) is 133 Å². The van der Waals surface area contributed by atoms with Gasteiger partial charge in [0.2, 0.25) is 0 Å². The first-order valence-corrected chi connectivity index (χ1v) is 14.1. The van der Waals surface area contributed by atoms with Crippen molar-refractivity contribution in [1.29, 1.82) is 0 Å². The molecule has 2 aliphatic rings. The van der Waals surface area contributed by atoms with E-state index in [4.69, 9.17) is 0 Å². The van der Waals surface area contributed by atoms with Crippen LogP contribution in [0, 0.1) is 0 Å². The van der Waals surface area contributed by atoms with E-state index in [1.807, 2.05) is 0 Å². The van der Waals surface area contributed by atoms with Crippen molar-refractivity contribution in [3.63, 3.8) is 0 Å². The normalized spacial score (nSPS) is 12.4. The summed E-state index contributed by atoms with van der Waals surface area (Å²) in [5, 5.41) is 0. The van der Waals surface area contributed by atoms with Gasteiger partial charge in [0, 0.05) is 18.4 Å². The van der Waals surface area contributed by atoms with E-state index in [2.05, 4.69) is 145 Å². The number of rotatable bonds is 4. The van der Waals surface area contributed by atoms with E-state index in [9.17, 15) is 0 Å². The zero-order valence-corrected chi connectivity index (χ0v) is 22.6. The van der Waals surface area contributed by atoms with Crippen molar-refractivity contribution < 1.29 is 0 Å². The molecule has 0 aromatic heterocycles. The smallest absolute Gasteiger partial charge is 0.0408 e. The van der Waals surface area contributed by atoms with E-state index >= 15 is 0 Å². The fourth-order valence-corrected chi connectivity index (χ4v) is 6.51. The van der Waals surface area contributed by atoms with Gasteiger partial charge in [0.15, 0.2) is 0 Å². The standard InChI is InChI=1S/C39H29N/c1-40(34-18-14-26(15-19-34)28-10-12-32-22-30-6-2-4-8-36(30)38(32)24-28)35-20-16-27(17-21-35)29-11-13-33-23-31-7-3-5-9-37(31)39(33)25-29/h2-21,24-25H,22-23H2,1H3. The summed E-state index contributed by atoms with van der Waals surface area (Å²) in [6, 6.07) is 49.3. The lowest BCUT2D eigenvalue weighted by molar-refractivity contribution is 1.21. The van der Waals surface area contributed by atoms with Crippen LogP contribution in [0.3, 0.4) is 0 Å². The lowest BCUT2D eigenvalue weighted by Gasteiger charge is -2.20. The molecule has 40 heavy (non-hydrogen) atoms. The molecule has 0 heterocycles. The van der Waals surface area contributed by atoms with Gasteiger partial charge in [-0.2, -0.15) is 0 Å². The largest absolute Gasteiger partial charge is 0.345 e. The monoisotopic (exact) mass is 511 g/mol. The molecule has 1 heteroatoms. The fourth-order valence-electron chi connectivity index (χ4n) is 6.51. The number of nitrogens with zero attached hydrogens (tertiary/aromatic N) is 1. The zero-order chi connectivity index (χ0) is 26.6. The molecule has 2 aliphatic carbocycles. The van der Waals surface area contributed by atoms with E-state index in [1.165, 1.54) is 78.1 Å². The summed E-state index contributed by atoms with van der Waals surface area (Å²) in [5.74, 6) is 0. The quantitative estimate of drug-likeness (QED) is 0.227. The minimum Gasteiger partial charge on any atom is -0.345 e. The summed E-state index contributed by atoms with van der Waals surface area (Å²) in [5.41, 5.74) is 18.6. The molecular formula is C39H29N. The highest BCUT2D eigenvalue weighted by Crippen LogP contribution is 2.40. The van der Waals surface area contributed by atoms with Crippen molar-refractivity contribution in [2.75, 3.05) is 11.9 Å². The van der Waals surface area contributed by atoms with Crippen molar-refractivity contribution in [1.82, 2.24) is 0 Å². The van der Waals surface area contributed by atoms with Gasteiger partial charge in [-0.25, -0.2) is 0 Å². The van der Waals surface area contributed by atoms with E-state index in [0.717, 1.165) is 12.8 Å². The third-order valence-corrected chi connectivity index (χ3v) is 8.77. The van der Waals surface area contributed by atoms with Crippen LogP contribution < -0.4 is 4.90 Å². The summed E-state index contributed by atoms with van der Waals surface area (Å²) in [6.45, 7) is 0. The topological polar surface area (TPSA) is 3.24 Å². The first kappa shape index (κ1) is 23.0. The Kier molecular flexibility index (Phi) is 5.24. The van der Waals surface area contributed by atoms with Gasteiger partial charge in [0.25, 0.3) is 0 Å². The Labute approximate surface area is 236 Å². The molecule has 0 saturated heterocycles. The molecular weight excluding hydrogens is 482 g/mol. The first-order valence-electron chi connectivity index (χ1n) is 14.1. The number of benzene rings is 6. The minimum absolute atomic E-state index is 1.04. The van der Waals surface area contributed by atoms with Crippen molar-refractivity contribution in [2.45, 2.75) is 12.8 Å². The van der Waals surface area contributed by atoms with E-state index in [-0.39, 0.29) is 0 Å². The first-order chi connectivity index (χ1) is 19.7. The second kappa shape index (κ2) is 9.10. The molecule has 6 aromatic rings. The Morgan fingerprint density at radius 1 is 0.375 bits per heavy atom. The molecule has 190 valence electrons. The number of anilines is 2. The van der Waals surface area contributed by atoms with Gasteiger partial charge in [0.05, 0.1) is 0 Å². The Morgan fingerprint density at radius 2 is 0.750 bits per heavy atom. The molecule has 0 atom stereocenters. The second-order valence-corrected chi connectivity index (χ2v) is 11.1. The van der Waals surface area contributed by atoms with Crippen LogP contribution in [-0.2, 0) is 12.8 Å². The molecule has 0 amide bonds. The van der Waals surface area contributed by atoms with Crippen molar-refractivity contribution in [2.24, 2.45) is 0 Å². The van der Waals surface area contributed by atoms with E-state index in [1.54, 1.807) is 0 Å². The predicted octanol–water partition coefficient (Wildman–Crippen LogP) is 9.93. The second-order valence-electron chi connectivity index (χ2n) is 11.1. The maximum absolute atomic E-state index is 2.36. The van der Waals surface area contributed by atoms with Crippen LogP contribution in [0.4, 0.5) is 11.4 Å². The average Bonchev–Trinajstić information content (AvgIpc) is 3.58. The van der Waals surface area contributed by atoms with Gasteiger partial charge >= 0.3 is 0 Å². The molecule has 0 N–H and O–H groups in total. The SMILES string of the molecule is CN(c1ccc(-c2ccc3c(c2)-c2ccccc2C3)cc1)c1ccc(-c2ccc3c(c2)-c2ccccc2C3)cc1. The Balaban J connectivity index is 1.03. The molecule has 0 aliphatic heterocycles. The van der Waals surface area contributed by atoms with Gasteiger partial charge in [-0.05, 0) is 116 Å². The third kappa shape index (κ3) is 3.78. The van der Waals surface area contributed by atoms with Crippen LogP contribution in [0.2, 0.25) is 0 Å². The fraction of sp³-hybridized carbons (Fsp3) is 0.0769. The van der Waals surface area contributed by atoms with Crippen LogP contribution in [0.1, 0.15) is 22.3 Å². The van der Waals surface area contributed by atoms with E-state index in [0.29, 0.717) is 0 Å². The molecule has 0 radical (unpaired) electrons. The van der Waals surface area contributed by atoms with Gasteiger partial charge in [0.1, 0.15) is 0 Å². The van der Waals surface area contributed by atoms with Crippen molar-refractivity contribution in [3.05, 3.63) is 156 Å². The zero-order valence-electron chi connectivity index (χ0n) is 22.6. The lowest BCUT2D eigenvalue weighted by atomic mass is 9.98. The van der Waals surface area contributed by atoms with Crippen LogP contribution in [0.25, 0.3) is 44.5 Å². The van der Waals surface area contributed by atoms with E-state index < -0.39 is 0 Å². The lowest BCUT2D eigenvalue weighted by Crippen LogP contribution is -2.08. The highest BCUT2D eigenvalue weighted by molar-refractivity contribution is 5.83. The highest BCUT2D eigenvalue weighted by atomic mass is 15.1. The molecule has 8 rings (SSSR count). The molecule has 6 aromatic carbocycles. The summed E-state index contributed by atoms with van der Waals surface area (Å²) >= 11 is 0. The van der Waals surface area contributed by atoms with Crippen LogP contribution in [-0.4, -0.2) is 7.05 Å². The maximum Gasteiger partial charge on any atom is 0.0408 e. The Bertz CT molecular complexity index is 1750. The summed E-state index contributed by atoms with van der Waals surface area (Å²) in [7, 11) is 2.14. The summed E-state index contributed by atoms with van der Waals surface area (Å²) in [4.78, 5) is 2.26. The summed E-state index contributed by atoms with van der Waals surface area (Å²) < 4.78 is 0. The molecule has 0 fully saturated rings. The molecule has 0 bridgehead atoms. The van der Waals surface area contributed by atoms with Gasteiger partial charge in [-0.3, -0.25) is 0 Å². The number of fused-ring (bicyclic) bond motifs is 6. The van der Waals surface area contributed by atoms with Crippen molar-refractivity contribution >= 4 is 11.4 Å². The summed E-state index contributed by atoms with van der Waals surface area (Å²) in [6.07, 6.45) is 2.07. The van der Waals surface area contributed by atoms with Gasteiger partial charge in [-0.1, -0.05) is 97.1 Å². The molecule has 0 spiro atoms. The Hall–Kier alpha value is -4.88. The number of hydrogen-bond donors (Lipinski definition) is 0. The molecule has 1 nitrogen and oxygen atoms in total. The predicted molar refractivity (Wildman–Crippen MR) is 168 cm³/mol. The maximum atomic E-state index is 2.36. The molecule has 0 saturated carbocycles. The Morgan fingerprint density at radius 3 is 1.20 bits per heavy atom. The average molecular weight is 512 g/mol.